The molecule has 2 aliphatic rings. The number of nitrogen functional groups attached to an aromatic ring is 1. The highest BCUT2D eigenvalue weighted by molar-refractivity contribution is 8.00. The van der Waals surface area contributed by atoms with Crippen molar-refractivity contribution < 1.29 is 38.2 Å². The molecule has 1 fully saturated rings. The van der Waals surface area contributed by atoms with E-state index in [0.717, 1.165) is 21.9 Å². The van der Waals surface area contributed by atoms with Crippen LogP contribution in [0.4, 0.5) is 9.93 Å². The van der Waals surface area contributed by atoms with E-state index in [1.807, 2.05) is 6.92 Å². The molecule has 2 aliphatic heterocycles. The Labute approximate surface area is 252 Å². The second kappa shape index (κ2) is 13.3. The number of anilines is 1. The molecule has 2 amide bonds. The Morgan fingerprint density at radius 2 is 1.95 bits per heavy atom. The minimum atomic E-state index is -1.30. The molecule has 0 spiro atoms. The standard InChI is InChI=1S/C25H28N6O8S3/c1-11(2)37-25(35)39-13(4)38-23(34)19-14(6-7-16-12(3)27-10-42-16)8-40-22-18(21(33)31(19)22)29-20(32)17(30-36-5)15-9-41-24(26)28-15/h6-7,9-11,13,18,22H,8H2,1-5H3,(H2,26,28)(H,29,32)/b7-6-,30-17+/t13?,18-,22-/m1/s1. The van der Waals surface area contributed by atoms with Gasteiger partial charge in [-0.1, -0.05) is 11.2 Å². The number of thiazole rings is 2. The van der Waals surface area contributed by atoms with Crippen LogP contribution in [-0.4, -0.2) is 81.2 Å². The lowest BCUT2D eigenvalue weighted by atomic mass is 10.0. The van der Waals surface area contributed by atoms with Crippen LogP contribution in [0, 0.1) is 6.92 Å². The number of nitrogens with two attached hydrogens (primary N) is 1. The first-order valence-electron chi connectivity index (χ1n) is 12.5. The molecule has 3 N–H and O–H groups in total. The number of allylic oxidation sites excluding steroid dienone is 1. The molecular weight excluding hydrogens is 609 g/mol. The van der Waals surface area contributed by atoms with Crippen molar-refractivity contribution in [2.45, 2.75) is 51.5 Å². The number of ether oxygens (including phenoxy) is 3. The number of esters is 1. The van der Waals surface area contributed by atoms with Crippen molar-refractivity contribution in [1.29, 1.82) is 0 Å². The maximum Gasteiger partial charge on any atom is 0.511 e. The SMILES string of the molecule is CO/N=C(/C(=O)N[C@@H]1C(=O)N2C(C(=O)OC(C)OC(=O)OC(C)C)=C(/C=C\c3scnc3C)CS[C@H]12)c1csc(N)n1. The average molecular weight is 637 g/mol. The molecule has 0 aliphatic carbocycles. The summed E-state index contributed by atoms with van der Waals surface area (Å²) in [5.41, 5.74) is 8.71. The third-order valence-corrected chi connectivity index (χ3v) is 8.60. The topological polar surface area (TPSA) is 185 Å². The molecule has 0 bridgehead atoms. The van der Waals surface area contributed by atoms with Gasteiger partial charge in [-0.05, 0) is 32.4 Å². The van der Waals surface area contributed by atoms with Crippen molar-refractivity contribution in [2.24, 2.45) is 5.16 Å². The normalized spacial score (nSPS) is 19.3. The highest BCUT2D eigenvalue weighted by Crippen LogP contribution is 2.41. The smallest absolute Gasteiger partial charge is 0.431 e. The van der Waals surface area contributed by atoms with E-state index in [-0.39, 0.29) is 22.2 Å². The number of aryl methyl sites for hydroxylation is 1. The van der Waals surface area contributed by atoms with Crippen molar-refractivity contribution >= 4 is 75.3 Å². The van der Waals surface area contributed by atoms with E-state index in [1.54, 1.807) is 31.5 Å². The van der Waals surface area contributed by atoms with E-state index in [9.17, 15) is 19.2 Å². The van der Waals surface area contributed by atoms with Crippen molar-refractivity contribution in [3.63, 3.8) is 0 Å². The highest BCUT2D eigenvalue weighted by atomic mass is 32.2. The van der Waals surface area contributed by atoms with Crippen LogP contribution in [0.1, 0.15) is 37.0 Å². The van der Waals surface area contributed by atoms with Crippen LogP contribution in [0.3, 0.4) is 0 Å². The Bertz CT molecular complexity index is 1470. The lowest BCUT2D eigenvalue weighted by Gasteiger charge is -2.49. The largest absolute Gasteiger partial charge is 0.511 e. The van der Waals surface area contributed by atoms with Crippen LogP contribution in [0.15, 0.2) is 33.4 Å². The molecule has 14 nitrogen and oxygen atoms in total. The molecule has 4 rings (SSSR count). The van der Waals surface area contributed by atoms with Gasteiger partial charge in [-0.3, -0.25) is 14.5 Å². The van der Waals surface area contributed by atoms with Crippen LogP contribution in [0.25, 0.3) is 6.08 Å². The number of amides is 2. The maximum absolute atomic E-state index is 13.4. The number of nitrogens with zero attached hydrogens (tertiary/aromatic N) is 4. The summed E-state index contributed by atoms with van der Waals surface area (Å²) < 4.78 is 15.3. The lowest BCUT2D eigenvalue weighted by molar-refractivity contribution is -0.169. The van der Waals surface area contributed by atoms with Gasteiger partial charge in [0.05, 0.1) is 17.3 Å². The van der Waals surface area contributed by atoms with Crippen LogP contribution >= 0.6 is 34.4 Å². The van der Waals surface area contributed by atoms with E-state index in [4.69, 9.17) is 24.8 Å². The third kappa shape index (κ3) is 6.91. The summed E-state index contributed by atoms with van der Waals surface area (Å²) in [4.78, 5) is 67.0. The summed E-state index contributed by atoms with van der Waals surface area (Å²) in [5, 5.41) is 7.54. The number of aromatic nitrogens is 2. The monoisotopic (exact) mass is 636 g/mol. The number of hydrogen-bond acceptors (Lipinski definition) is 15. The van der Waals surface area contributed by atoms with Gasteiger partial charge in [0.1, 0.15) is 29.9 Å². The Morgan fingerprint density at radius 3 is 2.57 bits per heavy atom. The van der Waals surface area contributed by atoms with Gasteiger partial charge < -0.3 is 30.1 Å². The molecule has 17 heteroatoms. The van der Waals surface area contributed by atoms with Crippen LogP contribution < -0.4 is 11.1 Å². The van der Waals surface area contributed by atoms with Gasteiger partial charge in [-0.15, -0.1) is 34.4 Å². The summed E-state index contributed by atoms with van der Waals surface area (Å²) >= 11 is 3.89. The zero-order chi connectivity index (χ0) is 30.6. The van der Waals surface area contributed by atoms with E-state index < -0.39 is 47.7 Å². The van der Waals surface area contributed by atoms with E-state index >= 15 is 0 Å². The Morgan fingerprint density at radius 1 is 1.19 bits per heavy atom. The molecule has 1 saturated heterocycles. The summed E-state index contributed by atoms with van der Waals surface area (Å²) in [6, 6.07) is -0.979. The molecule has 2 aromatic heterocycles. The van der Waals surface area contributed by atoms with Crippen LogP contribution in [0.2, 0.25) is 0 Å². The first-order chi connectivity index (χ1) is 20.0. The summed E-state index contributed by atoms with van der Waals surface area (Å²) in [5.74, 6) is -1.82. The molecule has 224 valence electrons. The summed E-state index contributed by atoms with van der Waals surface area (Å²) in [7, 11) is 1.27. The first-order valence-corrected chi connectivity index (χ1v) is 15.3. The van der Waals surface area contributed by atoms with Gasteiger partial charge in [0.25, 0.3) is 11.8 Å². The van der Waals surface area contributed by atoms with Crippen LogP contribution in [-0.2, 0) is 33.4 Å². The molecule has 0 aromatic carbocycles. The minimum absolute atomic E-state index is 0.0293. The van der Waals surface area contributed by atoms with Gasteiger partial charge in [0, 0.05) is 22.9 Å². The van der Waals surface area contributed by atoms with Crippen LogP contribution in [0.5, 0.6) is 0 Å². The summed E-state index contributed by atoms with van der Waals surface area (Å²) in [6.07, 6.45) is 0.777. The summed E-state index contributed by atoms with van der Waals surface area (Å²) in [6.45, 7) is 6.50. The molecule has 3 atom stereocenters. The molecule has 0 radical (unpaired) electrons. The molecule has 4 heterocycles. The van der Waals surface area contributed by atoms with E-state index in [1.165, 1.54) is 47.4 Å². The first kappa shape index (κ1) is 31.0. The number of β-lactam (4-membered cyclic amide) rings is 1. The number of carbonyl (C=O) groups is 4. The number of oxime groups is 1. The Hall–Kier alpha value is -3.96. The predicted octanol–water partition coefficient (Wildman–Crippen LogP) is 2.66. The van der Waals surface area contributed by atoms with Crippen molar-refractivity contribution in [1.82, 2.24) is 20.2 Å². The number of fused-ring (bicyclic) bond motifs is 1. The van der Waals surface area contributed by atoms with E-state index in [0.29, 0.717) is 11.3 Å². The Kier molecular flexibility index (Phi) is 9.85. The number of hydrogen-bond donors (Lipinski definition) is 2. The quantitative estimate of drug-likeness (QED) is 0.128. The molecule has 2 aromatic rings. The minimum Gasteiger partial charge on any atom is -0.431 e. The maximum atomic E-state index is 13.4. The number of rotatable bonds is 10. The number of carbonyl (C=O) groups excluding carboxylic acids is 4. The van der Waals surface area contributed by atoms with Gasteiger partial charge in [0.2, 0.25) is 6.29 Å². The second-order valence-corrected chi connectivity index (χ2v) is 12.0. The Balaban J connectivity index is 1.56. The highest BCUT2D eigenvalue weighted by Gasteiger charge is 2.54. The van der Waals surface area contributed by atoms with Gasteiger partial charge in [-0.2, -0.15) is 0 Å². The second-order valence-electron chi connectivity index (χ2n) is 9.07. The molecule has 1 unspecified atom stereocenters. The third-order valence-electron chi connectivity index (χ3n) is 5.73. The average Bonchev–Trinajstić information content (AvgIpc) is 3.54. The zero-order valence-corrected chi connectivity index (χ0v) is 25.6. The van der Waals surface area contributed by atoms with E-state index in [2.05, 4.69) is 20.4 Å². The predicted molar refractivity (Wildman–Crippen MR) is 156 cm³/mol. The fourth-order valence-electron chi connectivity index (χ4n) is 3.90. The van der Waals surface area contributed by atoms with Gasteiger partial charge in [-0.25, -0.2) is 19.6 Å². The lowest BCUT2D eigenvalue weighted by Crippen LogP contribution is -2.71. The van der Waals surface area contributed by atoms with Crippen molar-refractivity contribution in [2.75, 3.05) is 18.6 Å². The zero-order valence-electron chi connectivity index (χ0n) is 23.2. The van der Waals surface area contributed by atoms with Gasteiger partial charge in [0.15, 0.2) is 10.8 Å². The number of thioether (sulfide) groups is 1. The van der Waals surface area contributed by atoms with Crippen molar-refractivity contribution in [3.05, 3.63) is 44.5 Å². The fraction of sp³-hybridized carbons (Fsp3) is 0.400. The number of nitrogens with one attached hydrogen (secondary N) is 1. The van der Waals surface area contributed by atoms with Crippen molar-refractivity contribution in [3.8, 4) is 0 Å². The molecule has 42 heavy (non-hydrogen) atoms. The molecular formula is C25H28N6O8S3. The molecule has 0 saturated carbocycles. The fourth-order valence-corrected chi connectivity index (χ4v) is 6.46. The van der Waals surface area contributed by atoms with Gasteiger partial charge >= 0.3 is 12.1 Å².